The Bertz CT molecular complexity index is 669. The first-order chi connectivity index (χ1) is 11.8. The monoisotopic (exact) mass is 326 g/mol. The first-order valence-electron chi connectivity index (χ1n) is 9.06. The summed E-state index contributed by atoms with van der Waals surface area (Å²) in [7, 11) is 1.69. The smallest absolute Gasteiger partial charge is 0.176 e. The number of hydrogen-bond donors (Lipinski definition) is 1. The second kappa shape index (κ2) is 7.03. The van der Waals surface area contributed by atoms with Crippen molar-refractivity contribution >= 4 is 0 Å². The van der Waals surface area contributed by atoms with Crippen molar-refractivity contribution in [2.24, 2.45) is 0 Å². The summed E-state index contributed by atoms with van der Waals surface area (Å²) in [5, 5.41) is 8.47. The molecule has 0 saturated carbocycles. The van der Waals surface area contributed by atoms with E-state index >= 15 is 0 Å². The van der Waals surface area contributed by atoms with E-state index in [0.717, 1.165) is 31.0 Å². The van der Waals surface area contributed by atoms with E-state index in [2.05, 4.69) is 44.3 Å². The minimum atomic E-state index is 0.499. The van der Waals surface area contributed by atoms with Gasteiger partial charge in [-0.05, 0) is 43.2 Å². The van der Waals surface area contributed by atoms with Crippen LogP contribution in [0.4, 0.5) is 0 Å². The summed E-state index contributed by atoms with van der Waals surface area (Å²) in [6.45, 7) is 1.43. The van der Waals surface area contributed by atoms with Crippen molar-refractivity contribution in [2.45, 2.75) is 63.8 Å². The zero-order valence-electron chi connectivity index (χ0n) is 14.4. The standard InChI is InChI=1S/C19H26N4O/c1-24-13-18-21-19-11-10-17(12-23(19)22-18)20-16-8-6-14-4-2-3-5-15(14)7-9-16/h2-5,16-17,20H,6-13H2,1H3. The molecule has 0 amide bonds. The molecule has 0 radical (unpaired) electrons. The van der Waals surface area contributed by atoms with Crippen LogP contribution < -0.4 is 5.32 Å². The zero-order valence-corrected chi connectivity index (χ0v) is 14.4. The third-order valence-electron chi connectivity index (χ3n) is 5.29. The molecule has 2 aromatic rings. The third kappa shape index (κ3) is 3.37. The minimum absolute atomic E-state index is 0.499. The number of aryl methyl sites for hydroxylation is 3. The summed E-state index contributed by atoms with van der Waals surface area (Å²) in [6, 6.07) is 10.0. The zero-order chi connectivity index (χ0) is 16.4. The summed E-state index contributed by atoms with van der Waals surface area (Å²) in [5.74, 6) is 1.91. The van der Waals surface area contributed by atoms with Gasteiger partial charge in [0, 0.05) is 25.6 Å². The number of ether oxygens (including phenoxy) is 1. The Kier molecular flexibility index (Phi) is 4.63. The highest BCUT2D eigenvalue weighted by molar-refractivity contribution is 5.28. The molecule has 1 unspecified atom stereocenters. The Morgan fingerprint density at radius 2 is 1.79 bits per heavy atom. The van der Waals surface area contributed by atoms with E-state index in [9.17, 15) is 0 Å². The van der Waals surface area contributed by atoms with Crippen molar-refractivity contribution in [1.82, 2.24) is 20.1 Å². The number of aromatic nitrogens is 3. The lowest BCUT2D eigenvalue weighted by Crippen LogP contribution is -2.43. The SMILES string of the molecule is COCc1nc2n(n1)CC(NC1CCc3ccccc3CC1)CC2. The van der Waals surface area contributed by atoms with Crippen LogP contribution in [0.2, 0.25) is 0 Å². The van der Waals surface area contributed by atoms with Crippen LogP contribution in [0.3, 0.4) is 0 Å². The van der Waals surface area contributed by atoms with Gasteiger partial charge >= 0.3 is 0 Å². The van der Waals surface area contributed by atoms with E-state index < -0.39 is 0 Å². The van der Waals surface area contributed by atoms with Crippen molar-refractivity contribution in [3.63, 3.8) is 0 Å². The van der Waals surface area contributed by atoms with Crippen molar-refractivity contribution in [2.75, 3.05) is 7.11 Å². The van der Waals surface area contributed by atoms with Gasteiger partial charge in [-0.1, -0.05) is 24.3 Å². The molecule has 1 aromatic carbocycles. The first kappa shape index (κ1) is 15.8. The summed E-state index contributed by atoms with van der Waals surface area (Å²) in [5.41, 5.74) is 3.07. The third-order valence-corrected chi connectivity index (χ3v) is 5.29. The van der Waals surface area contributed by atoms with Crippen LogP contribution in [-0.4, -0.2) is 34.0 Å². The molecule has 1 N–H and O–H groups in total. The fourth-order valence-electron chi connectivity index (χ4n) is 4.04. The maximum atomic E-state index is 5.14. The maximum absolute atomic E-state index is 5.14. The normalized spacial score (nSPS) is 21.1. The molecule has 5 nitrogen and oxygen atoms in total. The molecule has 0 spiro atoms. The summed E-state index contributed by atoms with van der Waals surface area (Å²) in [4.78, 5) is 4.56. The van der Waals surface area contributed by atoms with E-state index in [0.29, 0.717) is 18.7 Å². The molecule has 0 bridgehead atoms. The van der Waals surface area contributed by atoms with Crippen LogP contribution in [0.25, 0.3) is 0 Å². The molecule has 1 aliphatic heterocycles. The minimum Gasteiger partial charge on any atom is -0.377 e. The molecule has 1 aromatic heterocycles. The number of nitrogens with one attached hydrogen (secondary N) is 1. The van der Waals surface area contributed by atoms with Crippen LogP contribution >= 0.6 is 0 Å². The van der Waals surface area contributed by atoms with Gasteiger partial charge in [0.1, 0.15) is 12.4 Å². The van der Waals surface area contributed by atoms with Gasteiger partial charge < -0.3 is 10.1 Å². The highest BCUT2D eigenvalue weighted by Gasteiger charge is 2.24. The second-order valence-electron chi connectivity index (χ2n) is 7.00. The van der Waals surface area contributed by atoms with Crippen LogP contribution in [-0.2, 0) is 37.2 Å². The highest BCUT2D eigenvalue weighted by Crippen LogP contribution is 2.22. The van der Waals surface area contributed by atoms with Gasteiger partial charge in [0.15, 0.2) is 5.82 Å². The predicted molar refractivity (Wildman–Crippen MR) is 92.9 cm³/mol. The lowest BCUT2D eigenvalue weighted by Gasteiger charge is -2.28. The largest absolute Gasteiger partial charge is 0.377 e. The molecule has 2 aliphatic rings. The molecule has 2 heterocycles. The number of nitrogens with zero attached hydrogens (tertiary/aromatic N) is 3. The van der Waals surface area contributed by atoms with E-state index in [-0.39, 0.29) is 0 Å². The molecule has 4 rings (SSSR count). The Hall–Kier alpha value is -1.72. The molecule has 0 fully saturated rings. The average Bonchev–Trinajstić information content (AvgIpc) is 2.88. The Balaban J connectivity index is 1.36. The van der Waals surface area contributed by atoms with Gasteiger partial charge in [0.2, 0.25) is 0 Å². The highest BCUT2D eigenvalue weighted by atomic mass is 16.5. The number of fused-ring (bicyclic) bond motifs is 2. The predicted octanol–water partition coefficient (Wildman–Crippen LogP) is 2.28. The van der Waals surface area contributed by atoms with Crippen LogP contribution in [0.5, 0.6) is 0 Å². The first-order valence-corrected chi connectivity index (χ1v) is 9.06. The van der Waals surface area contributed by atoms with Crippen molar-refractivity contribution in [1.29, 1.82) is 0 Å². The van der Waals surface area contributed by atoms with E-state index in [1.165, 1.54) is 36.8 Å². The quantitative estimate of drug-likeness (QED) is 0.876. The van der Waals surface area contributed by atoms with Gasteiger partial charge in [-0.2, -0.15) is 5.10 Å². The summed E-state index contributed by atoms with van der Waals surface area (Å²) >= 11 is 0. The van der Waals surface area contributed by atoms with Crippen LogP contribution in [0.15, 0.2) is 24.3 Å². The van der Waals surface area contributed by atoms with Crippen molar-refractivity contribution in [3.05, 3.63) is 47.0 Å². The molecular weight excluding hydrogens is 300 g/mol. The molecule has 24 heavy (non-hydrogen) atoms. The summed E-state index contributed by atoms with van der Waals surface area (Å²) in [6.07, 6.45) is 6.98. The molecule has 128 valence electrons. The summed E-state index contributed by atoms with van der Waals surface area (Å²) < 4.78 is 7.22. The Morgan fingerprint density at radius 3 is 2.50 bits per heavy atom. The van der Waals surface area contributed by atoms with Crippen LogP contribution in [0, 0.1) is 0 Å². The fraction of sp³-hybridized carbons (Fsp3) is 0.579. The molecule has 1 aliphatic carbocycles. The number of methoxy groups -OCH3 is 1. The van der Waals surface area contributed by atoms with Crippen LogP contribution in [0.1, 0.15) is 42.0 Å². The number of rotatable bonds is 4. The number of hydrogen-bond acceptors (Lipinski definition) is 4. The lowest BCUT2D eigenvalue weighted by molar-refractivity contribution is 0.177. The Labute approximate surface area is 143 Å². The van der Waals surface area contributed by atoms with Gasteiger partial charge in [0.25, 0.3) is 0 Å². The van der Waals surface area contributed by atoms with Gasteiger partial charge in [-0.25, -0.2) is 9.67 Å². The van der Waals surface area contributed by atoms with Gasteiger partial charge in [-0.15, -0.1) is 0 Å². The van der Waals surface area contributed by atoms with Gasteiger partial charge in [-0.3, -0.25) is 0 Å². The van der Waals surface area contributed by atoms with E-state index in [4.69, 9.17) is 4.74 Å². The van der Waals surface area contributed by atoms with Gasteiger partial charge in [0.05, 0.1) is 6.54 Å². The average molecular weight is 326 g/mol. The maximum Gasteiger partial charge on any atom is 0.176 e. The van der Waals surface area contributed by atoms with E-state index in [1.807, 2.05) is 0 Å². The molecule has 1 atom stereocenters. The molecular formula is C19H26N4O. The molecule has 0 saturated heterocycles. The second-order valence-corrected chi connectivity index (χ2v) is 7.00. The van der Waals surface area contributed by atoms with E-state index in [1.54, 1.807) is 7.11 Å². The topological polar surface area (TPSA) is 52.0 Å². The van der Waals surface area contributed by atoms with Crippen molar-refractivity contribution < 1.29 is 4.74 Å². The Morgan fingerprint density at radius 1 is 1.08 bits per heavy atom. The number of benzene rings is 1. The molecule has 5 heteroatoms. The van der Waals surface area contributed by atoms with Crippen molar-refractivity contribution in [3.8, 4) is 0 Å². The lowest BCUT2D eigenvalue weighted by atomic mass is 10.0. The fourth-order valence-corrected chi connectivity index (χ4v) is 4.04.